The highest BCUT2D eigenvalue weighted by Gasteiger charge is 2.15. The number of amides is 1. The zero-order chi connectivity index (χ0) is 18.4. The number of benzene rings is 3. The highest BCUT2D eigenvalue weighted by Crippen LogP contribution is 2.28. The second kappa shape index (κ2) is 8.54. The molecule has 0 aliphatic heterocycles. The first-order chi connectivity index (χ1) is 12.7. The molecule has 0 aliphatic rings. The topological polar surface area (TPSA) is 47.6 Å². The van der Waals surface area contributed by atoms with E-state index in [4.69, 9.17) is 9.47 Å². The van der Waals surface area contributed by atoms with Crippen molar-refractivity contribution >= 4 is 27.5 Å². The Hall–Kier alpha value is -2.79. The van der Waals surface area contributed by atoms with Crippen LogP contribution in [0.1, 0.15) is 15.9 Å². The maximum absolute atomic E-state index is 12.8. The quantitative estimate of drug-likeness (QED) is 0.599. The lowest BCUT2D eigenvalue weighted by atomic mass is 10.1. The van der Waals surface area contributed by atoms with Gasteiger partial charge in [-0.15, -0.1) is 0 Å². The molecule has 1 amide bonds. The van der Waals surface area contributed by atoms with E-state index in [0.717, 1.165) is 10.0 Å². The van der Waals surface area contributed by atoms with Crippen molar-refractivity contribution in [2.24, 2.45) is 0 Å². The van der Waals surface area contributed by atoms with Crippen molar-refractivity contribution in [2.75, 3.05) is 12.4 Å². The fraction of sp³-hybridized carbons (Fsp3) is 0.0952. The number of para-hydroxylation sites is 2. The molecule has 0 fully saturated rings. The van der Waals surface area contributed by atoms with E-state index in [1.165, 1.54) is 0 Å². The Morgan fingerprint density at radius 1 is 0.962 bits per heavy atom. The molecule has 0 saturated carbocycles. The lowest BCUT2D eigenvalue weighted by Gasteiger charge is -2.14. The Labute approximate surface area is 160 Å². The van der Waals surface area contributed by atoms with Crippen molar-refractivity contribution in [3.05, 3.63) is 88.4 Å². The summed E-state index contributed by atoms with van der Waals surface area (Å²) in [5.41, 5.74) is 2.08. The summed E-state index contributed by atoms with van der Waals surface area (Å²) in [6.45, 7) is 0.386. The first kappa shape index (κ1) is 18.0. The molecule has 0 heterocycles. The van der Waals surface area contributed by atoms with Crippen LogP contribution in [0, 0.1) is 0 Å². The molecule has 5 heteroatoms. The van der Waals surface area contributed by atoms with E-state index in [9.17, 15) is 4.79 Å². The number of halogens is 1. The molecule has 0 aromatic heterocycles. The smallest absolute Gasteiger partial charge is 0.259 e. The van der Waals surface area contributed by atoms with Gasteiger partial charge < -0.3 is 14.8 Å². The number of nitrogens with one attached hydrogen (secondary N) is 1. The molecule has 0 aliphatic carbocycles. The van der Waals surface area contributed by atoms with Crippen molar-refractivity contribution in [1.29, 1.82) is 0 Å². The van der Waals surface area contributed by atoms with Crippen molar-refractivity contribution in [2.45, 2.75) is 6.61 Å². The van der Waals surface area contributed by atoms with Crippen LogP contribution < -0.4 is 14.8 Å². The standard InChI is InChI=1S/C21H18BrNO3/c1-25-20-10-6-5-9-18(20)23-21(24)17-13-16(22)11-12-19(17)26-14-15-7-3-2-4-8-15/h2-13H,14H2,1H3,(H,23,24). The van der Waals surface area contributed by atoms with Gasteiger partial charge in [0.15, 0.2) is 0 Å². The molecule has 3 aromatic rings. The van der Waals surface area contributed by atoms with Crippen molar-refractivity contribution in [3.63, 3.8) is 0 Å². The predicted octanol–water partition coefficient (Wildman–Crippen LogP) is 5.29. The fourth-order valence-corrected chi connectivity index (χ4v) is 2.84. The summed E-state index contributed by atoms with van der Waals surface area (Å²) in [5, 5.41) is 2.88. The number of ether oxygens (including phenoxy) is 2. The van der Waals surface area contributed by atoms with Crippen LogP contribution in [0.5, 0.6) is 11.5 Å². The Morgan fingerprint density at radius 2 is 1.69 bits per heavy atom. The first-order valence-electron chi connectivity index (χ1n) is 8.08. The average Bonchev–Trinajstić information content (AvgIpc) is 2.68. The van der Waals surface area contributed by atoms with Gasteiger partial charge in [0.1, 0.15) is 18.1 Å². The molecule has 0 unspecified atom stereocenters. The largest absolute Gasteiger partial charge is 0.495 e. The summed E-state index contributed by atoms with van der Waals surface area (Å²) in [6, 6.07) is 22.5. The molecule has 3 rings (SSSR count). The minimum atomic E-state index is -0.265. The third kappa shape index (κ3) is 4.43. The molecule has 0 saturated heterocycles. The van der Waals surface area contributed by atoms with Crippen LogP contribution >= 0.6 is 15.9 Å². The Balaban J connectivity index is 1.81. The van der Waals surface area contributed by atoms with Gasteiger partial charge in [-0.2, -0.15) is 0 Å². The number of anilines is 1. The molecule has 0 bridgehead atoms. The molecule has 0 radical (unpaired) electrons. The van der Waals surface area contributed by atoms with Gasteiger partial charge in [-0.05, 0) is 35.9 Å². The van der Waals surface area contributed by atoms with Crippen LogP contribution in [0.25, 0.3) is 0 Å². The number of carbonyl (C=O) groups excluding carboxylic acids is 1. The summed E-state index contributed by atoms with van der Waals surface area (Å²) in [4.78, 5) is 12.8. The van der Waals surface area contributed by atoms with E-state index >= 15 is 0 Å². The maximum atomic E-state index is 12.8. The third-order valence-corrected chi connectivity index (χ3v) is 4.27. The molecule has 4 nitrogen and oxygen atoms in total. The zero-order valence-corrected chi connectivity index (χ0v) is 15.8. The van der Waals surface area contributed by atoms with Gasteiger partial charge in [0.05, 0.1) is 18.4 Å². The van der Waals surface area contributed by atoms with Gasteiger partial charge in [0.2, 0.25) is 0 Å². The van der Waals surface area contributed by atoms with Gasteiger partial charge in [-0.3, -0.25) is 4.79 Å². The van der Waals surface area contributed by atoms with Crippen LogP contribution in [0.15, 0.2) is 77.3 Å². The van der Waals surface area contributed by atoms with Crippen LogP contribution in [0.3, 0.4) is 0 Å². The van der Waals surface area contributed by atoms with E-state index in [-0.39, 0.29) is 5.91 Å². The van der Waals surface area contributed by atoms with Gasteiger partial charge in [0.25, 0.3) is 5.91 Å². The van der Waals surface area contributed by atoms with Crippen molar-refractivity contribution in [3.8, 4) is 11.5 Å². The highest BCUT2D eigenvalue weighted by molar-refractivity contribution is 9.10. The second-order valence-corrected chi connectivity index (χ2v) is 6.48. The SMILES string of the molecule is COc1ccccc1NC(=O)c1cc(Br)ccc1OCc1ccccc1. The fourth-order valence-electron chi connectivity index (χ4n) is 2.48. The van der Waals surface area contributed by atoms with Gasteiger partial charge in [-0.1, -0.05) is 58.4 Å². The molecular formula is C21H18BrNO3. The van der Waals surface area contributed by atoms with E-state index in [2.05, 4.69) is 21.2 Å². The van der Waals surface area contributed by atoms with Crippen LogP contribution in [0.4, 0.5) is 5.69 Å². The summed E-state index contributed by atoms with van der Waals surface area (Å²) in [7, 11) is 1.57. The first-order valence-corrected chi connectivity index (χ1v) is 8.87. The third-order valence-electron chi connectivity index (χ3n) is 3.78. The Bertz CT molecular complexity index is 897. The molecule has 0 spiro atoms. The van der Waals surface area contributed by atoms with Gasteiger partial charge >= 0.3 is 0 Å². The summed E-state index contributed by atoms with van der Waals surface area (Å²) >= 11 is 3.41. The van der Waals surface area contributed by atoms with Crippen LogP contribution in [-0.4, -0.2) is 13.0 Å². The number of methoxy groups -OCH3 is 1. The van der Waals surface area contributed by atoms with Gasteiger partial charge in [0, 0.05) is 4.47 Å². The highest BCUT2D eigenvalue weighted by atomic mass is 79.9. The minimum absolute atomic E-state index is 0.265. The second-order valence-electron chi connectivity index (χ2n) is 5.57. The van der Waals surface area contributed by atoms with Crippen molar-refractivity contribution in [1.82, 2.24) is 0 Å². The van der Waals surface area contributed by atoms with E-state index in [0.29, 0.717) is 29.4 Å². The monoisotopic (exact) mass is 411 g/mol. The summed E-state index contributed by atoms with van der Waals surface area (Å²) < 4.78 is 12.0. The number of hydrogen-bond donors (Lipinski definition) is 1. The average molecular weight is 412 g/mol. The van der Waals surface area contributed by atoms with E-state index in [1.807, 2.05) is 48.5 Å². The van der Waals surface area contributed by atoms with E-state index in [1.54, 1.807) is 31.4 Å². The Kier molecular flexibility index (Phi) is 5.92. The normalized spacial score (nSPS) is 10.2. The van der Waals surface area contributed by atoms with Gasteiger partial charge in [-0.25, -0.2) is 0 Å². The van der Waals surface area contributed by atoms with Crippen LogP contribution in [0.2, 0.25) is 0 Å². The molecule has 1 N–H and O–H groups in total. The zero-order valence-electron chi connectivity index (χ0n) is 14.2. The maximum Gasteiger partial charge on any atom is 0.259 e. The number of rotatable bonds is 6. The lowest BCUT2D eigenvalue weighted by molar-refractivity contribution is 0.102. The molecule has 3 aromatic carbocycles. The molecule has 0 atom stereocenters. The number of carbonyl (C=O) groups is 1. The van der Waals surface area contributed by atoms with Crippen LogP contribution in [-0.2, 0) is 6.61 Å². The molecular weight excluding hydrogens is 394 g/mol. The molecule has 132 valence electrons. The van der Waals surface area contributed by atoms with Crippen molar-refractivity contribution < 1.29 is 14.3 Å². The summed E-state index contributed by atoms with van der Waals surface area (Å²) in [6.07, 6.45) is 0. The summed E-state index contributed by atoms with van der Waals surface area (Å²) in [5.74, 6) is 0.853. The van der Waals surface area contributed by atoms with E-state index < -0.39 is 0 Å². The molecule has 26 heavy (non-hydrogen) atoms. The minimum Gasteiger partial charge on any atom is -0.495 e. The Morgan fingerprint density at radius 3 is 2.46 bits per heavy atom. The predicted molar refractivity (Wildman–Crippen MR) is 106 cm³/mol. The number of hydrogen-bond acceptors (Lipinski definition) is 3. The lowest BCUT2D eigenvalue weighted by Crippen LogP contribution is -2.14.